The van der Waals surface area contributed by atoms with Gasteiger partial charge in [0.25, 0.3) is 0 Å². The van der Waals surface area contributed by atoms with Crippen LogP contribution in [0, 0.1) is 0 Å². The van der Waals surface area contributed by atoms with Crippen molar-refractivity contribution in [3.63, 3.8) is 0 Å². The second-order valence-corrected chi connectivity index (χ2v) is 13.9. The van der Waals surface area contributed by atoms with E-state index in [1.54, 1.807) is 12.1 Å². The van der Waals surface area contributed by atoms with Gasteiger partial charge in [0.05, 0.1) is 0 Å². The van der Waals surface area contributed by atoms with Crippen LogP contribution in [0.15, 0.2) is 29.4 Å². The molecule has 1 aromatic rings. The van der Waals surface area contributed by atoms with Crippen molar-refractivity contribution in [1.82, 2.24) is 0 Å². The van der Waals surface area contributed by atoms with E-state index in [0.29, 0.717) is 5.56 Å². The predicted molar refractivity (Wildman–Crippen MR) is 191 cm³/mol. The summed E-state index contributed by atoms with van der Waals surface area (Å²) in [7, 11) is 0. The molecular weight excluding hydrogens is 798 g/mol. The molecule has 0 amide bonds. The van der Waals surface area contributed by atoms with Gasteiger partial charge in [-0.05, 0) is 17.7 Å². The quantitative estimate of drug-likeness (QED) is 0.0651. The van der Waals surface area contributed by atoms with Gasteiger partial charge in [-0.15, -0.1) is 0 Å². The summed E-state index contributed by atoms with van der Waals surface area (Å²) in [4.78, 5) is 96.1. The average Bonchev–Trinajstić information content (AvgIpc) is 3.10. The van der Waals surface area contributed by atoms with Crippen LogP contribution in [0.5, 0.6) is 5.75 Å². The lowest BCUT2D eigenvalue weighted by Gasteiger charge is -2.44. The highest BCUT2D eigenvalue weighted by molar-refractivity contribution is 8.14. The second kappa shape index (κ2) is 21.9. The predicted octanol–water partition coefficient (Wildman–Crippen LogP) is 1.30. The van der Waals surface area contributed by atoms with E-state index < -0.39 is 122 Å². The number of hydrogen-bond donors (Lipinski definition) is 1. The van der Waals surface area contributed by atoms with Crippen LogP contribution in [0.25, 0.3) is 0 Å². The van der Waals surface area contributed by atoms with E-state index in [4.69, 9.17) is 52.1 Å². The fraction of sp³-hybridized carbons (Fsp3) is 0.583. The number of carbonyl (C=O) groups is 8. The van der Waals surface area contributed by atoms with Crippen LogP contribution in [0.3, 0.4) is 0 Å². The zero-order valence-electron chi connectivity index (χ0n) is 32.8. The van der Waals surface area contributed by atoms with Crippen molar-refractivity contribution in [2.45, 2.75) is 122 Å². The SMILES string of the molecule is CC(=O)OC[C@H]1O[C@H](Oc2ccc(C/C(=N/O)S[C@@H]3O[C@H](COC(C)=O)[C@@H](OC(C)=O)[C@H](OC(C)=O)[C@H]3OC(C)=O)cc2)[C@@H](OC(C)=O)[C@@H](OC(C)=O)[C@@H]1OC(C)=O. The average molecular weight is 844 g/mol. The lowest BCUT2D eigenvalue weighted by Crippen LogP contribution is -2.63. The molecule has 2 aliphatic heterocycles. The van der Waals surface area contributed by atoms with Gasteiger partial charge in [0.1, 0.15) is 41.7 Å². The molecule has 21 nitrogen and oxygen atoms in total. The summed E-state index contributed by atoms with van der Waals surface area (Å²) in [6.07, 6.45) is -12.6. The van der Waals surface area contributed by atoms with Gasteiger partial charge in [-0.3, -0.25) is 38.4 Å². The van der Waals surface area contributed by atoms with Gasteiger partial charge in [-0.2, -0.15) is 0 Å². The Morgan fingerprint density at radius 2 is 0.948 bits per heavy atom. The summed E-state index contributed by atoms with van der Waals surface area (Å²) in [6, 6.07) is 6.05. The Hall–Kier alpha value is -5.48. The monoisotopic (exact) mass is 843 g/mol. The van der Waals surface area contributed by atoms with Crippen LogP contribution in [-0.2, 0) is 92.1 Å². The molecule has 1 N–H and O–H groups in total. The number of carbonyl (C=O) groups excluding carboxylic acids is 8. The van der Waals surface area contributed by atoms with Crippen LogP contribution in [-0.4, -0.2) is 132 Å². The molecule has 2 aliphatic rings. The molecular formula is C36H45NO20S. The van der Waals surface area contributed by atoms with E-state index >= 15 is 0 Å². The number of hydrogen-bond acceptors (Lipinski definition) is 22. The van der Waals surface area contributed by atoms with Gasteiger partial charge < -0.3 is 57.3 Å². The minimum absolute atomic E-state index is 0.00541. The molecule has 22 heteroatoms. The number of thioether (sulfide) groups is 1. The first-order chi connectivity index (χ1) is 27.3. The highest BCUT2D eigenvalue weighted by Crippen LogP contribution is 2.36. The molecule has 3 rings (SSSR count). The van der Waals surface area contributed by atoms with Crippen LogP contribution < -0.4 is 4.74 Å². The first kappa shape index (κ1) is 46.9. The van der Waals surface area contributed by atoms with Gasteiger partial charge in [0.2, 0.25) is 12.4 Å². The summed E-state index contributed by atoms with van der Waals surface area (Å²) in [5, 5.41) is 13.4. The fourth-order valence-corrected chi connectivity index (χ4v) is 6.90. The first-order valence-electron chi connectivity index (χ1n) is 17.5. The fourth-order valence-electron chi connectivity index (χ4n) is 5.80. The third-order valence-electron chi connectivity index (χ3n) is 7.79. The molecule has 2 saturated heterocycles. The smallest absolute Gasteiger partial charge is 0.303 e. The van der Waals surface area contributed by atoms with Crippen LogP contribution in [0.4, 0.5) is 0 Å². The Labute approximate surface area is 336 Å². The minimum atomic E-state index is -1.50. The summed E-state index contributed by atoms with van der Waals surface area (Å²) >= 11 is 0.771. The van der Waals surface area contributed by atoms with Gasteiger partial charge in [-0.25, -0.2) is 0 Å². The number of esters is 8. The van der Waals surface area contributed by atoms with E-state index in [-0.39, 0.29) is 17.2 Å². The number of ether oxygens (including phenoxy) is 11. The van der Waals surface area contributed by atoms with E-state index in [1.165, 1.54) is 12.1 Å². The molecule has 0 unspecified atom stereocenters. The maximum atomic E-state index is 12.2. The molecule has 1 aromatic carbocycles. The van der Waals surface area contributed by atoms with E-state index in [2.05, 4.69) is 5.16 Å². The third kappa shape index (κ3) is 14.5. The minimum Gasteiger partial charge on any atom is -0.463 e. The maximum Gasteiger partial charge on any atom is 0.303 e. The number of nitrogens with zero attached hydrogens (tertiary/aromatic N) is 1. The molecule has 0 bridgehead atoms. The molecule has 0 saturated carbocycles. The Balaban J connectivity index is 1.90. The molecule has 0 aliphatic carbocycles. The lowest BCUT2D eigenvalue weighted by molar-refractivity contribution is -0.288. The summed E-state index contributed by atoms with van der Waals surface area (Å²) in [5.41, 5.74) is -0.753. The Morgan fingerprint density at radius 1 is 0.552 bits per heavy atom. The summed E-state index contributed by atoms with van der Waals surface area (Å²) < 4.78 is 60.8. The second-order valence-electron chi connectivity index (χ2n) is 12.7. The topological polar surface area (TPSA) is 271 Å². The zero-order chi connectivity index (χ0) is 43.3. The van der Waals surface area contributed by atoms with Gasteiger partial charge in [0.15, 0.2) is 30.5 Å². The third-order valence-corrected chi connectivity index (χ3v) is 8.90. The van der Waals surface area contributed by atoms with E-state index in [0.717, 1.165) is 67.2 Å². The molecule has 0 aromatic heterocycles. The normalized spacial score (nSPS) is 26.8. The summed E-state index contributed by atoms with van der Waals surface area (Å²) in [5.74, 6) is -6.14. The Bertz CT molecular complexity index is 1700. The molecule has 0 radical (unpaired) electrons. The molecule has 10 atom stereocenters. The number of benzene rings is 1. The standard InChI is InChI=1S/C36H45NO20S/c1-16(38)47-14-26-29(49-18(3)40)31(51-20(5)42)33(53-22(7)44)35(56-26)55-25-11-9-24(10-12-25)13-28(37-46)58-36-34(54-23(8)45)32(52-21(6)43)30(50-19(4)41)27(57-36)15-48-17(2)39/h9-12,26-27,29-36,46H,13-15H2,1-8H3/b37-28-/t26-,27-,29-,30-,31+,32+,33+,34-,35+,36+/m1/s1. The van der Waals surface area contributed by atoms with E-state index in [1.807, 2.05) is 0 Å². The van der Waals surface area contributed by atoms with Crippen LogP contribution in [0.2, 0.25) is 0 Å². The highest BCUT2D eigenvalue weighted by atomic mass is 32.2. The Morgan fingerprint density at radius 3 is 1.38 bits per heavy atom. The van der Waals surface area contributed by atoms with Gasteiger partial charge in [-0.1, -0.05) is 29.1 Å². The number of oxime groups is 1. The van der Waals surface area contributed by atoms with E-state index in [9.17, 15) is 43.6 Å². The van der Waals surface area contributed by atoms with Crippen LogP contribution in [0.1, 0.15) is 61.0 Å². The largest absolute Gasteiger partial charge is 0.463 e. The molecule has 0 spiro atoms. The van der Waals surface area contributed by atoms with Crippen molar-refractivity contribution >= 4 is 64.6 Å². The van der Waals surface area contributed by atoms with Crippen molar-refractivity contribution in [3.05, 3.63) is 29.8 Å². The molecule has 58 heavy (non-hydrogen) atoms. The van der Waals surface area contributed by atoms with Crippen molar-refractivity contribution < 1.29 is 95.7 Å². The van der Waals surface area contributed by atoms with Crippen molar-refractivity contribution in [1.29, 1.82) is 0 Å². The first-order valence-corrected chi connectivity index (χ1v) is 18.4. The van der Waals surface area contributed by atoms with Crippen LogP contribution >= 0.6 is 11.8 Å². The van der Waals surface area contributed by atoms with Crippen molar-refractivity contribution in [2.75, 3.05) is 13.2 Å². The summed E-state index contributed by atoms with van der Waals surface area (Å²) in [6.45, 7) is 7.88. The Kier molecular flexibility index (Phi) is 17.7. The molecule has 2 heterocycles. The van der Waals surface area contributed by atoms with Crippen molar-refractivity contribution in [2.24, 2.45) is 5.16 Å². The van der Waals surface area contributed by atoms with Gasteiger partial charge >= 0.3 is 47.8 Å². The van der Waals surface area contributed by atoms with Gasteiger partial charge in [0, 0.05) is 61.8 Å². The zero-order valence-corrected chi connectivity index (χ0v) is 33.6. The highest BCUT2D eigenvalue weighted by Gasteiger charge is 2.54. The maximum absolute atomic E-state index is 12.2. The lowest BCUT2D eigenvalue weighted by atomic mass is 9.98. The molecule has 320 valence electrons. The molecule has 2 fully saturated rings. The van der Waals surface area contributed by atoms with Crippen molar-refractivity contribution in [3.8, 4) is 5.75 Å². The number of rotatable bonds is 15.